The first kappa shape index (κ1) is 20.4. The summed E-state index contributed by atoms with van der Waals surface area (Å²) in [5.41, 5.74) is 1.88. The van der Waals surface area contributed by atoms with E-state index in [4.69, 9.17) is 4.98 Å². The molecule has 150 valence electrons. The van der Waals surface area contributed by atoms with Crippen molar-refractivity contribution in [1.82, 2.24) is 9.55 Å². The van der Waals surface area contributed by atoms with Crippen molar-refractivity contribution in [3.63, 3.8) is 0 Å². The lowest BCUT2D eigenvalue weighted by atomic mass is 9.97. The zero-order valence-corrected chi connectivity index (χ0v) is 19.0. The molecule has 8 heteroatoms. The molecule has 0 spiro atoms. The van der Waals surface area contributed by atoms with Crippen molar-refractivity contribution in [1.29, 1.82) is 0 Å². The molecular formula is C21H20BrN3O2S2. The summed E-state index contributed by atoms with van der Waals surface area (Å²) >= 11 is 6.30. The Kier molecular flexibility index (Phi) is 6.22. The van der Waals surface area contributed by atoms with Crippen LogP contribution in [0, 0.1) is 0 Å². The fraction of sp³-hybridized carbons (Fsp3) is 0.286. The number of thioether (sulfide) groups is 1. The fourth-order valence-electron chi connectivity index (χ4n) is 3.51. The first-order valence-electron chi connectivity index (χ1n) is 9.41. The average Bonchev–Trinajstić information content (AvgIpc) is 3.07. The number of benzene rings is 1. The maximum absolute atomic E-state index is 13.2. The van der Waals surface area contributed by atoms with Crippen molar-refractivity contribution in [2.45, 2.75) is 37.4 Å². The van der Waals surface area contributed by atoms with E-state index >= 15 is 0 Å². The van der Waals surface area contributed by atoms with E-state index in [1.165, 1.54) is 22.2 Å². The minimum atomic E-state index is -0.141. The molecule has 3 aromatic rings. The molecule has 1 aliphatic rings. The van der Waals surface area contributed by atoms with E-state index in [0.717, 1.165) is 46.1 Å². The van der Waals surface area contributed by atoms with E-state index in [1.54, 1.807) is 22.0 Å². The number of anilines is 1. The van der Waals surface area contributed by atoms with Crippen molar-refractivity contribution in [3.05, 3.63) is 62.2 Å². The lowest BCUT2D eigenvalue weighted by Crippen LogP contribution is -2.24. The van der Waals surface area contributed by atoms with Crippen LogP contribution in [0.2, 0.25) is 0 Å². The molecule has 29 heavy (non-hydrogen) atoms. The summed E-state index contributed by atoms with van der Waals surface area (Å²) in [5.74, 6) is 0.0326. The third-order valence-corrected chi connectivity index (χ3v) is 7.45. The Labute approximate surface area is 185 Å². The van der Waals surface area contributed by atoms with Crippen LogP contribution >= 0.6 is 39.0 Å². The van der Waals surface area contributed by atoms with Gasteiger partial charge in [0.05, 0.1) is 11.1 Å². The second-order valence-corrected chi connectivity index (χ2v) is 9.78. The molecule has 2 aromatic heterocycles. The number of thiophene rings is 1. The van der Waals surface area contributed by atoms with E-state index in [0.29, 0.717) is 11.7 Å². The van der Waals surface area contributed by atoms with Gasteiger partial charge < -0.3 is 5.32 Å². The van der Waals surface area contributed by atoms with E-state index in [1.807, 2.05) is 24.3 Å². The van der Waals surface area contributed by atoms with Crippen LogP contribution in [0.1, 0.15) is 23.3 Å². The van der Waals surface area contributed by atoms with Crippen LogP contribution < -0.4 is 10.9 Å². The van der Waals surface area contributed by atoms with Gasteiger partial charge in [-0.25, -0.2) is 4.98 Å². The number of fused-ring (bicyclic) bond motifs is 3. The summed E-state index contributed by atoms with van der Waals surface area (Å²) in [6.45, 7) is 4.15. The topological polar surface area (TPSA) is 64.0 Å². The molecule has 1 N–H and O–H groups in total. The van der Waals surface area contributed by atoms with Crippen molar-refractivity contribution >= 4 is 60.8 Å². The van der Waals surface area contributed by atoms with Gasteiger partial charge in [-0.1, -0.05) is 39.8 Å². The first-order chi connectivity index (χ1) is 14.1. The monoisotopic (exact) mass is 489 g/mol. The predicted octanol–water partition coefficient (Wildman–Crippen LogP) is 5.02. The lowest BCUT2D eigenvalue weighted by Gasteiger charge is -2.12. The van der Waals surface area contributed by atoms with Crippen LogP contribution in [0.5, 0.6) is 0 Å². The van der Waals surface area contributed by atoms with Crippen molar-refractivity contribution < 1.29 is 4.79 Å². The molecule has 0 unspecified atom stereocenters. The Morgan fingerprint density at radius 3 is 3.00 bits per heavy atom. The molecule has 2 heterocycles. The fourth-order valence-corrected chi connectivity index (χ4v) is 6.02. The Morgan fingerprint density at radius 1 is 1.38 bits per heavy atom. The zero-order valence-electron chi connectivity index (χ0n) is 15.7. The van der Waals surface area contributed by atoms with Gasteiger partial charge in [-0.05, 0) is 49.4 Å². The highest BCUT2D eigenvalue weighted by Crippen LogP contribution is 2.34. The van der Waals surface area contributed by atoms with Crippen LogP contribution in [0.3, 0.4) is 0 Å². The molecule has 0 atom stereocenters. The quantitative estimate of drug-likeness (QED) is 0.300. The van der Waals surface area contributed by atoms with Crippen LogP contribution in [0.4, 0.5) is 5.69 Å². The summed E-state index contributed by atoms with van der Waals surface area (Å²) in [4.78, 5) is 32.4. The first-order valence-corrected chi connectivity index (χ1v) is 12.0. The van der Waals surface area contributed by atoms with E-state index in [9.17, 15) is 9.59 Å². The number of halogens is 1. The molecular weight excluding hydrogens is 470 g/mol. The summed E-state index contributed by atoms with van der Waals surface area (Å²) in [5, 5.41) is 4.19. The van der Waals surface area contributed by atoms with Gasteiger partial charge in [0.1, 0.15) is 4.83 Å². The summed E-state index contributed by atoms with van der Waals surface area (Å²) < 4.78 is 2.53. The maximum atomic E-state index is 13.2. The Morgan fingerprint density at radius 2 is 2.21 bits per heavy atom. The third kappa shape index (κ3) is 4.34. The highest BCUT2D eigenvalue weighted by Gasteiger charge is 2.22. The smallest absolute Gasteiger partial charge is 0.263 e. The number of nitrogens with one attached hydrogen (secondary N) is 1. The van der Waals surface area contributed by atoms with Crippen molar-refractivity contribution in [2.24, 2.45) is 0 Å². The van der Waals surface area contributed by atoms with Gasteiger partial charge in [0.15, 0.2) is 5.16 Å². The largest absolute Gasteiger partial charge is 0.325 e. The minimum absolute atomic E-state index is 0.0239. The molecule has 0 saturated heterocycles. The molecule has 0 radical (unpaired) electrons. The second kappa shape index (κ2) is 8.85. The molecule has 0 fully saturated rings. The molecule has 0 aliphatic heterocycles. The molecule has 1 aromatic carbocycles. The molecule has 5 nitrogen and oxygen atoms in total. The van der Waals surface area contributed by atoms with Gasteiger partial charge >= 0.3 is 0 Å². The summed E-state index contributed by atoms with van der Waals surface area (Å²) in [7, 11) is 0. The lowest BCUT2D eigenvalue weighted by molar-refractivity contribution is -0.113. The molecule has 4 rings (SSSR count). The highest BCUT2D eigenvalue weighted by atomic mass is 79.9. The molecule has 1 amide bonds. The Hall–Kier alpha value is -1.90. The Balaban J connectivity index is 1.60. The van der Waals surface area contributed by atoms with Gasteiger partial charge in [0.25, 0.3) is 5.56 Å². The van der Waals surface area contributed by atoms with Crippen molar-refractivity contribution in [3.8, 4) is 0 Å². The second-order valence-electron chi connectivity index (χ2n) is 6.84. The van der Waals surface area contributed by atoms with Gasteiger partial charge in [-0.3, -0.25) is 14.2 Å². The maximum Gasteiger partial charge on any atom is 0.263 e. The number of allylic oxidation sites excluding steroid dienone is 1. The van der Waals surface area contributed by atoms with E-state index in [-0.39, 0.29) is 17.2 Å². The number of carbonyl (C=O) groups is 1. The number of carbonyl (C=O) groups excluding carboxylic acids is 1. The van der Waals surface area contributed by atoms with Crippen LogP contribution in [-0.2, 0) is 24.2 Å². The number of aryl methyl sites for hydroxylation is 2. The van der Waals surface area contributed by atoms with Crippen LogP contribution in [0.25, 0.3) is 10.2 Å². The van der Waals surface area contributed by atoms with Gasteiger partial charge in [-0.2, -0.15) is 0 Å². The third-order valence-electron chi connectivity index (χ3n) is 4.79. The number of aromatic nitrogens is 2. The van der Waals surface area contributed by atoms with Gasteiger partial charge in [0, 0.05) is 21.6 Å². The minimum Gasteiger partial charge on any atom is -0.325 e. The van der Waals surface area contributed by atoms with E-state index < -0.39 is 0 Å². The van der Waals surface area contributed by atoms with Crippen LogP contribution in [0.15, 0.2) is 51.3 Å². The molecule has 1 aliphatic carbocycles. The van der Waals surface area contributed by atoms with Crippen LogP contribution in [-0.4, -0.2) is 21.2 Å². The normalized spacial score (nSPS) is 13.3. The Bertz CT molecular complexity index is 1150. The molecule has 0 bridgehead atoms. The number of nitrogens with zero attached hydrogens (tertiary/aromatic N) is 2. The summed E-state index contributed by atoms with van der Waals surface area (Å²) in [6.07, 6.45) is 5.94. The van der Waals surface area contributed by atoms with Gasteiger partial charge in [0.2, 0.25) is 5.91 Å². The standard InChI is InChI=1S/C21H20BrN3O2S2/c1-2-10-25-20(27)18-15-8-3-4-9-16(15)29-19(18)24-21(25)28-12-17(26)23-14-7-5-6-13(22)11-14/h2,5-7,11H,1,3-4,8-10,12H2,(H,23,26). The summed E-state index contributed by atoms with van der Waals surface area (Å²) in [6, 6.07) is 7.44. The average molecular weight is 490 g/mol. The highest BCUT2D eigenvalue weighted by molar-refractivity contribution is 9.10. The zero-order chi connectivity index (χ0) is 20.4. The SMILES string of the molecule is C=CCn1c(SCC(=O)Nc2cccc(Br)c2)nc2sc3c(c2c1=O)CCCC3. The number of hydrogen-bond acceptors (Lipinski definition) is 5. The number of amides is 1. The molecule has 0 saturated carbocycles. The number of hydrogen-bond donors (Lipinski definition) is 1. The number of rotatable bonds is 6. The predicted molar refractivity (Wildman–Crippen MR) is 124 cm³/mol. The van der Waals surface area contributed by atoms with Crippen molar-refractivity contribution in [2.75, 3.05) is 11.1 Å². The van der Waals surface area contributed by atoms with E-state index in [2.05, 4.69) is 27.8 Å². The van der Waals surface area contributed by atoms with Gasteiger partial charge in [-0.15, -0.1) is 17.9 Å².